The lowest BCUT2D eigenvalue weighted by Gasteiger charge is -2.27. The van der Waals surface area contributed by atoms with Gasteiger partial charge in [0.25, 0.3) is 5.91 Å². The molecule has 0 N–H and O–H groups in total. The topological polar surface area (TPSA) is 32.8 Å². The second kappa shape index (κ2) is 9.30. The Morgan fingerprint density at radius 3 is 2.36 bits per heavy atom. The minimum Gasteiger partial charge on any atom is -0.494 e. The first kappa shape index (κ1) is 19.8. The molecule has 1 aromatic rings. The number of amides is 1. The molecule has 4 nitrogen and oxygen atoms in total. The van der Waals surface area contributed by atoms with E-state index in [9.17, 15) is 4.79 Å². The molecule has 4 heteroatoms. The van der Waals surface area contributed by atoms with Gasteiger partial charge in [-0.15, -0.1) is 0 Å². The van der Waals surface area contributed by atoms with E-state index >= 15 is 0 Å². The van der Waals surface area contributed by atoms with Crippen LogP contribution in [0.15, 0.2) is 24.3 Å². The van der Waals surface area contributed by atoms with Gasteiger partial charge >= 0.3 is 0 Å². The highest BCUT2D eigenvalue weighted by Crippen LogP contribution is 2.37. The molecule has 1 saturated heterocycles. The van der Waals surface area contributed by atoms with Gasteiger partial charge in [0.1, 0.15) is 5.75 Å². The molecule has 1 heterocycles. The number of carbonyl (C=O) groups is 1. The van der Waals surface area contributed by atoms with E-state index in [2.05, 4.69) is 11.8 Å². The van der Waals surface area contributed by atoms with Crippen LogP contribution < -0.4 is 4.74 Å². The van der Waals surface area contributed by atoms with Crippen LogP contribution in [0, 0.1) is 11.8 Å². The predicted octanol–water partition coefficient (Wildman–Crippen LogP) is 4.59. The Hall–Kier alpha value is -1.55. The third-order valence-corrected chi connectivity index (χ3v) is 7.16. The molecular formula is C24H36N2O2. The molecule has 0 spiro atoms. The van der Waals surface area contributed by atoms with Crippen molar-refractivity contribution in [1.82, 2.24) is 9.80 Å². The Balaban J connectivity index is 1.20. The number of likely N-dealkylation sites (tertiary alicyclic amines) is 1. The fourth-order valence-electron chi connectivity index (χ4n) is 5.64. The maximum absolute atomic E-state index is 12.8. The Kier molecular flexibility index (Phi) is 6.56. The lowest BCUT2D eigenvalue weighted by atomic mass is 10.0. The van der Waals surface area contributed by atoms with Crippen LogP contribution in [0.3, 0.4) is 0 Å². The number of hydrogen-bond acceptors (Lipinski definition) is 3. The fourth-order valence-corrected chi connectivity index (χ4v) is 5.64. The average molecular weight is 385 g/mol. The molecule has 2 aliphatic carbocycles. The van der Waals surface area contributed by atoms with Crippen LogP contribution in [0.4, 0.5) is 0 Å². The van der Waals surface area contributed by atoms with Crippen molar-refractivity contribution in [2.75, 3.05) is 32.8 Å². The van der Waals surface area contributed by atoms with Crippen molar-refractivity contribution in [3.63, 3.8) is 0 Å². The molecule has 28 heavy (non-hydrogen) atoms. The van der Waals surface area contributed by atoms with Gasteiger partial charge in [-0.3, -0.25) is 4.79 Å². The zero-order valence-electron chi connectivity index (χ0n) is 17.4. The third kappa shape index (κ3) is 4.53. The minimum absolute atomic E-state index is 0.167. The molecule has 0 bridgehead atoms. The van der Waals surface area contributed by atoms with Crippen LogP contribution in [0.25, 0.3) is 0 Å². The van der Waals surface area contributed by atoms with Gasteiger partial charge in [-0.1, -0.05) is 19.3 Å². The van der Waals surface area contributed by atoms with E-state index in [4.69, 9.17) is 4.74 Å². The zero-order chi connectivity index (χ0) is 19.3. The molecular weight excluding hydrogens is 348 g/mol. The molecule has 0 radical (unpaired) electrons. The van der Waals surface area contributed by atoms with Crippen LogP contribution in [-0.4, -0.2) is 54.5 Å². The standard InChI is InChI=1S/C24H36N2O2/c1-2-26(22-9-3-4-10-22)24(27)19-11-13-23(14-12-19)28-16-6-15-25-17-20-7-5-8-21(20)18-25/h11-14,20-22H,2-10,15-18H2,1H3. The van der Waals surface area contributed by atoms with E-state index in [-0.39, 0.29) is 5.91 Å². The van der Waals surface area contributed by atoms with Gasteiger partial charge in [-0.05, 0) is 75.1 Å². The van der Waals surface area contributed by atoms with Gasteiger partial charge in [0.15, 0.2) is 0 Å². The summed E-state index contributed by atoms with van der Waals surface area (Å²) in [5.74, 6) is 2.98. The maximum atomic E-state index is 12.8. The molecule has 3 aliphatic rings. The maximum Gasteiger partial charge on any atom is 0.254 e. The number of benzene rings is 1. The Labute approximate surface area is 170 Å². The summed E-state index contributed by atoms with van der Waals surface area (Å²) >= 11 is 0. The van der Waals surface area contributed by atoms with E-state index in [1.807, 2.05) is 29.2 Å². The first-order valence-electron chi connectivity index (χ1n) is 11.5. The Bertz CT molecular complexity index is 627. The predicted molar refractivity (Wildman–Crippen MR) is 113 cm³/mol. The molecule has 1 amide bonds. The van der Waals surface area contributed by atoms with Crippen LogP contribution in [-0.2, 0) is 0 Å². The summed E-state index contributed by atoms with van der Waals surface area (Å²) in [6, 6.07) is 8.19. The van der Waals surface area contributed by atoms with E-state index in [1.54, 1.807) is 0 Å². The number of carbonyl (C=O) groups excluding carboxylic acids is 1. The quantitative estimate of drug-likeness (QED) is 0.615. The zero-order valence-corrected chi connectivity index (χ0v) is 17.4. The van der Waals surface area contributed by atoms with Gasteiger partial charge in [0, 0.05) is 37.8 Å². The summed E-state index contributed by atoms with van der Waals surface area (Å²) in [5, 5.41) is 0. The van der Waals surface area contributed by atoms with Crippen LogP contribution in [0.5, 0.6) is 5.75 Å². The van der Waals surface area contributed by atoms with Gasteiger partial charge in [-0.25, -0.2) is 0 Å². The summed E-state index contributed by atoms with van der Waals surface area (Å²) < 4.78 is 5.93. The van der Waals surface area contributed by atoms with Crippen molar-refractivity contribution in [3.05, 3.63) is 29.8 Å². The highest BCUT2D eigenvalue weighted by atomic mass is 16.5. The van der Waals surface area contributed by atoms with Crippen molar-refractivity contribution in [1.29, 1.82) is 0 Å². The smallest absolute Gasteiger partial charge is 0.254 e. The molecule has 0 aromatic heterocycles. The van der Waals surface area contributed by atoms with Crippen LogP contribution >= 0.6 is 0 Å². The van der Waals surface area contributed by atoms with Crippen molar-refractivity contribution in [2.24, 2.45) is 11.8 Å². The van der Waals surface area contributed by atoms with Crippen molar-refractivity contribution in [2.45, 2.75) is 64.3 Å². The molecule has 2 atom stereocenters. The lowest BCUT2D eigenvalue weighted by molar-refractivity contribution is 0.0693. The molecule has 4 rings (SSSR count). The number of hydrogen-bond donors (Lipinski definition) is 0. The molecule has 2 saturated carbocycles. The number of nitrogens with zero attached hydrogens (tertiary/aromatic N) is 2. The summed E-state index contributed by atoms with van der Waals surface area (Å²) in [6.07, 6.45) is 10.2. The normalized spacial score (nSPS) is 25.2. The molecule has 3 fully saturated rings. The van der Waals surface area contributed by atoms with E-state index < -0.39 is 0 Å². The van der Waals surface area contributed by atoms with E-state index in [0.29, 0.717) is 6.04 Å². The summed E-state index contributed by atoms with van der Waals surface area (Å²) in [5.41, 5.74) is 0.782. The summed E-state index contributed by atoms with van der Waals surface area (Å²) in [6.45, 7) is 7.38. The van der Waals surface area contributed by atoms with Crippen molar-refractivity contribution in [3.8, 4) is 5.75 Å². The molecule has 154 valence electrons. The first-order chi connectivity index (χ1) is 13.7. The number of fused-ring (bicyclic) bond motifs is 1. The summed E-state index contributed by atoms with van der Waals surface area (Å²) in [4.78, 5) is 17.5. The van der Waals surface area contributed by atoms with Crippen molar-refractivity contribution >= 4 is 5.91 Å². The van der Waals surface area contributed by atoms with Crippen molar-refractivity contribution < 1.29 is 9.53 Å². The number of rotatable bonds is 8. The average Bonchev–Trinajstić information content (AvgIpc) is 3.44. The van der Waals surface area contributed by atoms with E-state index in [0.717, 1.165) is 62.1 Å². The van der Waals surface area contributed by atoms with Gasteiger partial charge < -0.3 is 14.5 Å². The Morgan fingerprint density at radius 2 is 1.71 bits per heavy atom. The monoisotopic (exact) mass is 384 g/mol. The number of ether oxygens (including phenoxy) is 1. The largest absolute Gasteiger partial charge is 0.494 e. The second-order valence-electron chi connectivity index (χ2n) is 8.97. The molecule has 2 unspecified atom stereocenters. The van der Waals surface area contributed by atoms with Gasteiger partial charge in [-0.2, -0.15) is 0 Å². The minimum atomic E-state index is 0.167. The highest BCUT2D eigenvalue weighted by Gasteiger charge is 2.35. The third-order valence-electron chi connectivity index (χ3n) is 7.16. The Morgan fingerprint density at radius 1 is 1.04 bits per heavy atom. The second-order valence-corrected chi connectivity index (χ2v) is 8.97. The highest BCUT2D eigenvalue weighted by molar-refractivity contribution is 5.94. The molecule has 1 aliphatic heterocycles. The SMILES string of the molecule is CCN(C(=O)c1ccc(OCCCN2CC3CCCC3C2)cc1)C1CCCC1. The van der Waals surface area contributed by atoms with Crippen LogP contribution in [0.2, 0.25) is 0 Å². The summed E-state index contributed by atoms with van der Waals surface area (Å²) in [7, 11) is 0. The van der Waals surface area contributed by atoms with Gasteiger partial charge in [0.2, 0.25) is 0 Å². The van der Waals surface area contributed by atoms with Crippen LogP contribution in [0.1, 0.15) is 68.6 Å². The first-order valence-corrected chi connectivity index (χ1v) is 11.5. The lowest BCUT2D eigenvalue weighted by Crippen LogP contribution is -2.38. The van der Waals surface area contributed by atoms with E-state index in [1.165, 1.54) is 45.2 Å². The fraction of sp³-hybridized carbons (Fsp3) is 0.708. The molecule has 1 aromatic carbocycles. The van der Waals surface area contributed by atoms with Gasteiger partial charge in [0.05, 0.1) is 6.61 Å².